The number of methoxy groups -OCH3 is 1. The van der Waals surface area contributed by atoms with E-state index in [0.29, 0.717) is 11.4 Å². The standard InChI is InChI=1S/C14H15NO2/c1-3-11-8-9-14(16)15(10-11)12-6-4-5-7-13(12)17-2/h4-10H,3H2,1-2H3/i1D3,3D2. The predicted molar refractivity (Wildman–Crippen MR) is 68.0 cm³/mol. The van der Waals surface area contributed by atoms with Crippen molar-refractivity contribution in [1.29, 1.82) is 0 Å². The molecule has 3 heteroatoms. The molecule has 2 rings (SSSR count). The van der Waals surface area contributed by atoms with Crippen LogP contribution in [0, 0.1) is 0 Å². The number of rotatable bonds is 3. The van der Waals surface area contributed by atoms with Gasteiger partial charge in [0.25, 0.3) is 5.56 Å². The molecule has 0 saturated heterocycles. The zero-order valence-electron chi connectivity index (χ0n) is 14.3. The zero-order valence-corrected chi connectivity index (χ0v) is 9.31. The third-order valence-electron chi connectivity index (χ3n) is 2.40. The minimum Gasteiger partial charge on any atom is -0.495 e. The Labute approximate surface area is 107 Å². The first kappa shape index (κ1) is 6.64. The maximum absolute atomic E-state index is 12.1. The molecule has 0 aliphatic carbocycles. The Balaban J connectivity index is 2.65. The summed E-state index contributed by atoms with van der Waals surface area (Å²) in [4.78, 5) is 12.1. The van der Waals surface area contributed by atoms with E-state index in [9.17, 15) is 4.79 Å². The van der Waals surface area contributed by atoms with Crippen molar-refractivity contribution in [2.45, 2.75) is 13.2 Å². The summed E-state index contributed by atoms with van der Waals surface area (Å²) in [5.74, 6) is 0.427. The Bertz CT molecular complexity index is 736. The van der Waals surface area contributed by atoms with Gasteiger partial charge in [-0.25, -0.2) is 0 Å². The Morgan fingerprint density at radius 1 is 1.35 bits per heavy atom. The fourth-order valence-electron chi connectivity index (χ4n) is 1.58. The highest BCUT2D eigenvalue weighted by atomic mass is 16.5. The van der Waals surface area contributed by atoms with Crippen LogP contribution in [0.2, 0.25) is 0 Å². The molecule has 0 bridgehead atoms. The number of aryl methyl sites for hydroxylation is 1. The summed E-state index contributed by atoms with van der Waals surface area (Å²) in [5, 5.41) is 0. The summed E-state index contributed by atoms with van der Waals surface area (Å²) >= 11 is 0. The number of pyridine rings is 1. The summed E-state index contributed by atoms with van der Waals surface area (Å²) in [7, 11) is 1.45. The molecule has 0 amide bonds. The van der Waals surface area contributed by atoms with Gasteiger partial charge in [-0.15, -0.1) is 0 Å². The van der Waals surface area contributed by atoms with E-state index < -0.39 is 18.8 Å². The van der Waals surface area contributed by atoms with Crippen LogP contribution < -0.4 is 10.3 Å². The average molecular weight is 234 g/mol. The molecule has 0 N–H and O–H groups in total. The van der Waals surface area contributed by atoms with Gasteiger partial charge in [0, 0.05) is 19.1 Å². The lowest BCUT2D eigenvalue weighted by Crippen LogP contribution is -2.17. The first-order valence-electron chi connectivity index (χ1n) is 7.55. The zero-order chi connectivity index (χ0) is 16.5. The maximum Gasteiger partial charge on any atom is 0.255 e. The van der Waals surface area contributed by atoms with Gasteiger partial charge in [-0.1, -0.05) is 25.1 Å². The Kier molecular flexibility index (Phi) is 1.90. The molecule has 0 aliphatic heterocycles. The van der Waals surface area contributed by atoms with Crippen molar-refractivity contribution in [3.05, 3.63) is 58.5 Å². The summed E-state index contributed by atoms with van der Waals surface area (Å²) < 4.78 is 43.9. The van der Waals surface area contributed by atoms with Gasteiger partial charge in [0.2, 0.25) is 0 Å². The molecule has 0 aliphatic rings. The van der Waals surface area contributed by atoms with E-state index in [1.54, 1.807) is 24.3 Å². The van der Waals surface area contributed by atoms with E-state index in [-0.39, 0.29) is 5.56 Å². The molecular formula is C14H15NO2. The lowest BCUT2D eigenvalue weighted by atomic mass is 10.2. The van der Waals surface area contributed by atoms with Crippen LogP contribution in [0.3, 0.4) is 0 Å². The molecule has 17 heavy (non-hydrogen) atoms. The van der Waals surface area contributed by atoms with Crippen LogP contribution >= 0.6 is 0 Å². The highest BCUT2D eigenvalue weighted by Gasteiger charge is 2.06. The monoisotopic (exact) mass is 234 g/mol. The lowest BCUT2D eigenvalue weighted by Gasteiger charge is -2.11. The molecule has 0 spiro atoms. The third-order valence-corrected chi connectivity index (χ3v) is 2.40. The van der Waals surface area contributed by atoms with Gasteiger partial charge in [0.15, 0.2) is 0 Å². The molecule has 1 heterocycles. The fourth-order valence-corrected chi connectivity index (χ4v) is 1.58. The molecule has 0 saturated carbocycles. The van der Waals surface area contributed by atoms with Crippen LogP contribution in [0.5, 0.6) is 5.75 Å². The number of hydrogen-bond acceptors (Lipinski definition) is 2. The second-order valence-corrected chi connectivity index (χ2v) is 3.42. The van der Waals surface area contributed by atoms with Gasteiger partial charge in [-0.2, -0.15) is 0 Å². The molecule has 3 nitrogen and oxygen atoms in total. The summed E-state index contributed by atoms with van der Waals surface area (Å²) in [6.45, 7) is -2.84. The summed E-state index contributed by atoms with van der Waals surface area (Å²) in [6.07, 6.45) is -1.36. The Morgan fingerprint density at radius 3 is 2.94 bits per heavy atom. The molecule has 0 fully saturated rings. The fraction of sp³-hybridized carbons (Fsp3) is 0.214. The molecular weight excluding hydrogens is 214 g/mol. The van der Waals surface area contributed by atoms with Crippen LogP contribution in [0.15, 0.2) is 47.4 Å². The maximum atomic E-state index is 12.1. The number of hydrogen-bond donors (Lipinski definition) is 0. The molecule has 0 atom stereocenters. The third kappa shape index (κ3) is 2.23. The number of benzene rings is 1. The highest BCUT2D eigenvalue weighted by molar-refractivity contribution is 5.46. The van der Waals surface area contributed by atoms with Gasteiger partial charge in [-0.05, 0) is 24.1 Å². The largest absolute Gasteiger partial charge is 0.495 e. The number of aromatic nitrogens is 1. The lowest BCUT2D eigenvalue weighted by molar-refractivity contribution is 0.412. The molecule has 2 aromatic rings. The first-order chi connectivity index (χ1) is 10.2. The number of para-hydroxylation sites is 2. The van der Waals surface area contributed by atoms with Crippen molar-refractivity contribution in [3.63, 3.8) is 0 Å². The van der Waals surface area contributed by atoms with Crippen molar-refractivity contribution in [1.82, 2.24) is 4.57 Å². The van der Waals surface area contributed by atoms with Crippen molar-refractivity contribution >= 4 is 0 Å². The van der Waals surface area contributed by atoms with E-state index >= 15 is 0 Å². The van der Waals surface area contributed by atoms with Crippen LogP contribution in [0.1, 0.15) is 19.3 Å². The molecule has 1 aromatic heterocycles. The van der Waals surface area contributed by atoms with Gasteiger partial charge >= 0.3 is 0 Å². The summed E-state index contributed by atoms with van der Waals surface area (Å²) in [6, 6.07) is 9.07. The van der Waals surface area contributed by atoms with E-state index in [4.69, 9.17) is 11.6 Å². The SMILES string of the molecule is [2H]C([2H])([2H])C([2H])([2H])c1ccc(=O)n(-c2ccccc2OC)c1. The molecule has 0 unspecified atom stereocenters. The number of nitrogens with zero attached hydrogens (tertiary/aromatic N) is 1. The smallest absolute Gasteiger partial charge is 0.255 e. The van der Waals surface area contributed by atoms with Crippen LogP contribution in [0.25, 0.3) is 5.69 Å². The second-order valence-electron chi connectivity index (χ2n) is 3.42. The highest BCUT2D eigenvalue weighted by Crippen LogP contribution is 2.20. The molecule has 88 valence electrons. The van der Waals surface area contributed by atoms with Gasteiger partial charge < -0.3 is 4.74 Å². The predicted octanol–water partition coefficient (Wildman–Crippen LogP) is 2.41. The second kappa shape index (κ2) is 4.87. The van der Waals surface area contributed by atoms with Crippen LogP contribution in [-0.2, 0) is 6.37 Å². The number of ether oxygens (including phenoxy) is 1. The van der Waals surface area contributed by atoms with Crippen molar-refractivity contribution < 1.29 is 11.6 Å². The van der Waals surface area contributed by atoms with Crippen molar-refractivity contribution in [2.75, 3.05) is 7.11 Å². The molecule has 1 aromatic carbocycles. The summed E-state index contributed by atoms with van der Waals surface area (Å²) in [5.41, 5.74) is -0.0919. The molecule has 0 radical (unpaired) electrons. The van der Waals surface area contributed by atoms with E-state index in [1.807, 2.05) is 0 Å². The van der Waals surface area contributed by atoms with Gasteiger partial charge in [-0.3, -0.25) is 9.36 Å². The van der Waals surface area contributed by atoms with Crippen molar-refractivity contribution in [2.24, 2.45) is 0 Å². The van der Waals surface area contributed by atoms with E-state index in [2.05, 4.69) is 0 Å². The topological polar surface area (TPSA) is 31.2 Å². The first-order valence-corrected chi connectivity index (χ1v) is 5.05. The average Bonchev–Trinajstić information content (AvgIpc) is 2.46. The minimum absolute atomic E-state index is 0.0991. The van der Waals surface area contributed by atoms with Gasteiger partial charge in [0.05, 0.1) is 12.8 Å². The van der Waals surface area contributed by atoms with Gasteiger partial charge in [0.1, 0.15) is 5.75 Å². The van der Waals surface area contributed by atoms with Crippen LogP contribution in [-0.4, -0.2) is 11.7 Å². The normalized spacial score (nSPS) is 16.2. The van der Waals surface area contributed by atoms with E-state index in [1.165, 1.54) is 23.9 Å². The Hall–Kier alpha value is -2.03. The van der Waals surface area contributed by atoms with Crippen LogP contribution in [0.4, 0.5) is 0 Å². The minimum atomic E-state index is -2.84. The quantitative estimate of drug-likeness (QED) is 0.816. The van der Waals surface area contributed by atoms with Crippen molar-refractivity contribution in [3.8, 4) is 11.4 Å². The van der Waals surface area contributed by atoms with E-state index in [0.717, 1.165) is 6.07 Å². The Morgan fingerprint density at radius 2 is 2.18 bits per heavy atom.